The largest absolute Gasteiger partial charge is 0.397 e. The topological polar surface area (TPSA) is 55.1 Å². The van der Waals surface area contributed by atoms with E-state index in [1.165, 1.54) is 40.9 Å². The van der Waals surface area contributed by atoms with Crippen molar-refractivity contribution in [1.29, 1.82) is 0 Å². The predicted octanol–water partition coefficient (Wildman–Crippen LogP) is 4.33. The van der Waals surface area contributed by atoms with Crippen molar-refractivity contribution in [3.63, 3.8) is 0 Å². The van der Waals surface area contributed by atoms with Crippen LogP contribution < -0.4 is 11.1 Å². The van der Waals surface area contributed by atoms with E-state index in [4.69, 9.17) is 5.73 Å². The van der Waals surface area contributed by atoms with Crippen molar-refractivity contribution in [2.75, 3.05) is 11.1 Å². The van der Waals surface area contributed by atoms with E-state index in [-0.39, 0.29) is 5.78 Å². The van der Waals surface area contributed by atoms with Crippen molar-refractivity contribution in [3.05, 3.63) is 45.8 Å². The van der Waals surface area contributed by atoms with Gasteiger partial charge in [0.05, 0.1) is 15.6 Å². The molecule has 3 N–H and O–H groups in total. The molecule has 0 atom stereocenters. The molecule has 1 heterocycles. The van der Waals surface area contributed by atoms with E-state index in [1.807, 2.05) is 6.07 Å². The quantitative estimate of drug-likeness (QED) is 0.808. The second-order valence-electron chi connectivity index (χ2n) is 5.70. The van der Waals surface area contributed by atoms with Crippen LogP contribution in [0.4, 0.5) is 10.7 Å². The molecule has 0 radical (unpaired) electrons. The van der Waals surface area contributed by atoms with Crippen LogP contribution in [-0.4, -0.2) is 5.78 Å². The van der Waals surface area contributed by atoms with Gasteiger partial charge in [-0.1, -0.05) is 24.3 Å². The number of ketones is 1. The van der Waals surface area contributed by atoms with Gasteiger partial charge in [0.15, 0.2) is 5.78 Å². The Morgan fingerprint density at radius 3 is 2.71 bits per heavy atom. The second-order valence-corrected chi connectivity index (χ2v) is 6.72. The highest BCUT2D eigenvalue weighted by atomic mass is 32.1. The second kappa shape index (κ2) is 5.53. The lowest BCUT2D eigenvalue weighted by Crippen LogP contribution is -2.02. The summed E-state index contributed by atoms with van der Waals surface area (Å²) in [6.45, 7) is 4.47. The minimum Gasteiger partial charge on any atom is -0.397 e. The third-order valence-corrected chi connectivity index (χ3v) is 5.27. The van der Waals surface area contributed by atoms with Crippen molar-refractivity contribution in [2.24, 2.45) is 0 Å². The first-order valence-electron chi connectivity index (χ1n) is 7.29. The highest BCUT2D eigenvalue weighted by Gasteiger charge is 2.32. The van der Waals surface area contributed by atoms with Gasteiger partial charge in [-0.05, 0) is 36.8 Å². The molecule has 1 aromatic carbocycles. The van der Waals surface area contributed by atoms with Gasteiger partial charge in [0.1, 0.15) is 0 Å². The van der Waals surface area contributed by atoms with Crippen molar-refractivity contribution in [1.82, 2.24) is 0 Å². The molecule has 0 unspecified atom stereocenters. The number of aryl methyl sites for hydroxylation is 1. The van der Waals surface area contributed by atoms with Crippen molar-refractivity contribution >= 4 is 27.8 Å². The van der Waals surface area contributed by atoms with Crippen molar-refractivity contribution in [2.45, 2.75) is 39.2 Å². The summed E-state index contributed by atoms with van der Waals surface area (Å²) in [5, 5.41) is 4.57. The van der Waals surface area contributed by atoms with Crippen LogP contribution in [0.2, 0.25) is 0 Å². The number of hydrogen-bond acceptors (Lipinski definition) is 4. The minimum atomic E-state index is 0.0586. The molecule has 110 valence electrons. The van der Waals surface area contributed by atoms with Gasteiger partial charge in [-0.15, -0.1) is 11.3 Å². The van der Waals surface area contributed by atoms with E-state index < -0.39 is 0 Å². The number of nitrogens with one attached hydrogen (secondary N) is 1. The zero-order valence-electron chi connectivity index (χ0n) is 12.4. The molecule has 0 saturated heterocycles. The maximum absolute atomic E-state index is 11.7. The Labute approximate surface area is 129 Å². The Bertz CT molecular complexity index is 686. The van der Waals surface area contributed by atoms with Crippen LogP contribution in [0.25, 0.3) is 0 Å². The summed E-state index contributed by atoms with van der Waals surface area (Å²) < 4.78 is 0. The van der Waals surface area contributed by atoms with Gasteiger partial charge in [-0.25, -0.2) is 0 Å². The Morgan fingerprint density at radius 1 is 1.38 bits per heavy atom. The summed E-state index contributed by atoms with van der Waals surface area (Å²) in [5.41, 5.74) is 10.6. The molecule has 0 aliphatic heterocycles. The molecule has 3 nitrogen and oxygen atoms in total. The summed E-state index contributed by atoms with van der Waals surface area (Å²) >= 11 is 1.50. The van der Waals surface area contributed by atoms with E-state index in [1.54, 1.807) is 6.92 Å². The highest BCUT2D eigenvalue weighted by molar-refractivity contribution is 7.18. The molecule has 3 rings (SSSR count). The molecule has 1 aliphatic rings. The molecule has 1 saturated carbocycles. The minimum absolute atomic E-state index is 0.0586. The molecule has 1 aliphatic carbocycles. The van der Waals surface area contributed by atoms with E-state index in [9.17, 15) is 4.79 Å². The monoisotopic (exact) mass is 300 g/mol. The van der Waals surface area contributed by atoms with Crippen LogP contribution in [0.5, 0.6) is 0 Å². The first-order valence-corrected chi connectivity index (χ1v) is 8.11. The predicted molar refractivity (Wildman–Crippen MR) is 89.2 cm³/mol. The number of nitrogens with two attached hydrogens (primary N) is 1. The summed E-state index contributed by atoms with van der Waals surface area (Å²) in [5.74, 6) is 0.595. The van der Waals surface area contributed by atoms with Crippen LogP contribution >= 0.6 is 11.3 Å². The van der Waals surface area contributed by atoms with E-state index in [0.717, 1.165) is 11.5 Å². The zero-order valence-corrected chi connectivity index (χ0v) is 13.2. The average molecular weight is 300 g/mol. The maximum Gasteiger partial charge on any atom is 0.171 e. The normalized spacial score (nSPS) is 14.2. The van der Waals surface area contributed by atoms with Gasteiger partial charge in [-0.2, -0.15) is 0 Å². The molecule has 0 spiro atoms. The van der Waals surface area contributed by atoms with E-state index in [0.29, 0.717) is 16.5 Å². The molecule has 4 heteroatoms. The van der Waals surface area contributed by atoms with Gasteiger partial charge in [-0.3, -0.25) is 4.79 Å². The summed E-state index contributed by atoms with van der Waals surface area (Å²) in [6.07, 6.45) is 2.36. The summed E-state index contributed by atoms with van der Waals surface area (Å²) in [6, 6.07) is 8.34. The lowest BCUT2D eigenvalue weighted by molar-refractivity contribution is 0.102. The lowest BCUT2D eigenvalue weighted by atomic mass is 10.1. The highest BCUT2D eigenvalue weighted by Crippen LogP contribution is 2.50. The molecule has 1 fully saturated rings. The fraction of sp³-hybridized carbons (Fsp3) is 0.353. The van der Waals surface area contributed by atoms with Gasteiger partial charge >= 0.3 is 0 Å². The fourth-order valence-corrected chi connectivity index (χ4v) is 3.71. The summed E-state index contributed by atoms with van der Waals surface area (Å²) in [7, 11) is 0. The van der Waals surface area contributed by atoms with Gasteiger partial charge in [0, 0.05) is 19.0 Å². The third kappa shape index (κ3) is 2.81. The molecular formula is C17H20N2OS. The molecule has 0 bridgehead atoms. The Balaban J connectivity index is 1.86. The van der Waals surface area contributed by atoms with Crippen molar-refractivity contribution in [3.8, 4) is 0 Å². The first-order chi connectivity index (χ1) is 10.1. The average Bonchev–Trinajstić information content (AvgIpc) is 3.22. The Hall–Kier alpha value is -1.81. The number of thiophene rings is 1. The zero-order chi connectivity index (χ0) is 15.0. The molecule has 21 heavy (non-hydrogen) atoms. The van der Waals surface area contributed by atoms with Crippen LogP contribution in [0, 0.1) is 6.92 Å². The van der Waals surface area contributed by atoms with Crippen molar-refractivity contribution < 1.29 is 4.79 Å². The van der Waals surface area contributed by atoms with Crippen LogP contribution in [0.15, 0.2) is 24.3 Å². The number of carbonyl (C=O) groups is 1. The van der Waals surface area contributed by atoms with Crippen LogP contribution in [-0.2, 0) is 6.54 Å². The molecule has 0 amide bonds. The van der Waals surface area contributed by atoms with E-state index >= 15 is 0 Å². The van der Waals surface area contributed by atoms with Gasteiger partial charge < -0.3 is 11.1 Å². The number of rotatable bonds is 5. The number of carbonyl (C=O) groups excluding carboxylic acids is 1. The van der Waals surface area contributed by atoms with Gasteiger partial charge in [0.2, 0.25) is 0 Å². The first kappa shape index (κ1) is 14.1. The lowest BCUT2D eigenvalue weighted by Gasteiger charge is -2.09. The molecular weight excluding hydrogens is 280 g/mol. The SMILES string of the molecule is CC(=O)c1sc(NCc2ccccc2C)c(C2CC2)c1N. The molecule has 2 aromatic rings. The third-order valence-electron chi connectivity index (χ3n) is 3.99. The Kier molecular flexibility index (Phi) is 3.72. The smallest absolute Gasteiger partial charge is 0.171 e. The number of benzene rings is 1. The Morgan fingerprint density at radius 2 is 2.10 bits per heavy atom. The summed E-state index contributed by atoms with van der Waals surface area (Å²) in [4.78, 5) is 12.4. The number of nitrogen functional groups attached to an aromatic ring is 1. The number of hydrogen-bond donors (Lipinski definition) is 2. The van der Waals surface area contributed by atoms with Crippen LogP contribution in [0.3, 0.4) is 0 Å². The van der Waals surface area contributed by atoms with E-state index in [2.05, 4.69) is 30.4 Å². The fourth-order valence-electron chi connectivity index (χ4n) is 2.61. The number of Topliss-reactive ketones (excluding diaryl/α,β-unsaturated/α-hetero) is 1. The maximum atomic E-state index is 11.7. The van der Waals surface area contributed by atoms with Crippen LogP contribution in [0.1, 0.15) is 52.0 Å². The molecule has 1 aromatic heterocycles. The number of anilines is 2. The standard InChI is InChI=1S/C17H20N2OS/c1-10-5-3-4-6-13(10)9-19-17-14(12-7-8-12)15(18)16(21-17)11(2)20/h3-6,12,19H,7-9,18H2,1-2H3. The van der Waals surface area contributed by atoms with Gasteiger partial charge in [0.25, 0.3) is 0 Å².